The molecule has 0 aliphatic carbocycles. The van der Waals surface area contributed by atoms with E-state index in [1.807, 2.05) is 12.4 Å². The third kappa shape index (κ3) is 3.85. The summed E-state index contributed by atoms with van der Waals surface area (Å²) in [6, 6.07) is 10.8. The van der Waals surface area contributed by atoms with Crippen molar-refractivity contribution in [1.29, 1.82) is 0 Å². The fourth-order valence-corrected chi connectivity index (χ4v) is 3.12. The average Bonchev–Trinajstić information content (AvgIpc) is 3.17. The summed E-state index contributed by atoms with van der Waals surface area (Å²) in [4.78, 5) is 4.96. The molecule has 1 aromatic heterocycles. The lowest BCUT2D eigenvalue weighted by atomic mass is 10.1. The van der Waals surface area contributed by atoms with Crippen LogP contribution in [0.2, 0.25) is 0 Å². The molecule has 0 amide bonds. The summed E-state index contributed by atoms with van der Waals surface area (Å²) < 4.78 is 0. The van der Waals surface area contributed by atoms with Gasteiger partial charge in [-0.25, -0.2) is 0 Å². The van der Waals surface area contributed by atoms with E-state index in [9.17, 15) is 0 Å². The molecule has 112 valence electrons. The summed E-state index contributed by atoms with van der Waals surface area (Å²) in [5, 5.41) is 6.87. The second-order valence-electron chi connectivity index (χ2n) is 6.06. The number of benzene rings is 1. The van der Waals surface area contributed by atoms with E-state index < -0.39 is 0 Å². The van der Waals surface area contributed by atoms with Crippen molar-refractivity contribution in [3.63, 3.8) is 0 Å². The molecule has 1 saturated heterocycles. The number of aromatic nitrogens is 2. The molecule has 1 fully saturated rings. The van der Waals surface area contributed by atoms with E-state index in [1.54, 1.807) is 0 Å². The molecule has 21 heavy (non-hydrogen) atoms. The zero-order valence-electron chi connectivity index (χ0n) is 12.7. The summed E-state index contributed by atoms with van der Waals surface area (Å²) in [6.07, 6.45) is 6.27. The summed E-state index contributed by atoms with van der Waals surface area (Å²) in [5.74, 6) is 0.777. The molecular weight excluding hydrogens is 260 g/mol. The van der Waals surface area contributed by atoms with Crippen LogP contribution in [0.5, 0.6) is 0 Å². The number of nitrogens with zero attached hydrogens (tertiary/aromatic N) is 3. The zero-order valence-corrected chi connectivity index (χ0v) is 12.7. The maximum Gasteiger partial charge on any atom is 0.0519 e. The van der Waals surface area contributed by atoms with E-state index in [2.05, 4.69) is 57.4 Å². The first-order chi connectivity index (χ1) is 10.3. The van der Waals surface area contributed by atoms with Gasteiger partial charge in [-0.05, 0) is 43.5 Å². The first kappa shape index (κ1) is 14.1. The van der Waals surface area contributed by atoms with E-state index in [4.69, 9.17) is 0 Å². The Morgan fingerprint density at radius 3 is 2.95 bits per heavy atom. The molecule has 1 aliphatic rings. The van der Waals surface area contributed by atoms with Gasteiger partial charge in [-0.1, -0.05) is 18.2 Å². The van der Waals surface area contributed by atoms with Gasteiger partial charge >= 0.3 is 0 Å². The molecular formula is C17H24N4. The van der Waals surface area contributed by atoms with Gasteiger partial charge in [-0.2, -0.15) is 5.10 Å². The third-order valence-corrected chi connectivity index (χ3v) is 4.31. The van der Waals surface area contributed by atoms with Crippen molar-refractivity contribution in [2.75, 3.05) is 38.1 Å². The molecule has 1 N–H and O–H groups in total. The molecule has 0 spiro atoms. The fraction of sp³-hybridized carbons (Fsp3) is 0.471. The van der Waals surface area contributed by atoms with E-state index in [0.717, 1.165) is 18.9 Å². The molecule has 1 aliphatic heterocycles. The van der Waals surface area contributed by atoms with Gasteiger partial charge in [0.1, 0.15) is 0 Å². The van der Waals surface area contributed by atoms with Gasteiger partial charge in [-0.15, -0.1) is 0 Å². The Kier molecular flexibility index (Phi) is 4.55. The van der Waals surface area contributed by atoms with Crippen LogP contribution >= 0.6 is 0 Å². The number of hydrogen-bond donors (Lipinski definition) is 1. The number of anilines is 1. The zero-order chi connectivity index (χ0) is 14.5. The predicted octanol–water partition coefficient (Wildman–Crippen LogP) is 2.41. The number of rotatable bonds is 6. The van der Waals surface area contributed by atoms with Crippen LogP contribution < -0.4 is 4.90 Å². The minimum absolute atomic E-state index is 0.777. The van der Waals surface area contributed by atoms with Gasteiger partial charge in [0.2, 0.25) is 0 Å². The van der Waals surface area contributed by atoms with Crippen molar-refractivity contribution in [3.8, 4) is 0 Å². The van der Waals surface area contributed by atoms with E-state index in [1.165, 1.54) is 37.3 Å². The summed E-state index contributed by atoms with van der Waals surface area (Å²) >= 11 is 0. The highest BCUT2D eigenvalue weighted by Crippen LogP contribution is 2.23. The Labute approximate surface area is 126 Å². The van der Waals surface area contributed by atoms with Gasteiger partial charge in [0.05, 0.1) is 6.20 Å². The molecule has 4 heteroatoms. The minimum Gasteiger partial charge on any atom is -0.371 e. The van der Waals surface area contributed by atoms with Gasteiger partial charge in [-0.3, -0.25) is 5.10 Å². The van der Waals surface area contributed by atoms with Gasteiger partial charge in [0, 0.05) is 38.1 Å². The first-order valence-corrected chi connectivity index (χ1v) is 7.77. The average molecular weight is 284 g/mol. The Morgan fingerprint density at radius 2 is 2.19 bits per heavy atom. The van der Waals surface area contributed by atoms with Crippen LogP contribution in [0, 0.1) is 5.92 Å². The molecule has 2 heterocycles. The van der Waals surface area contributed by atoms with Crippen molar-refractivity contribution in [2.24, 2.45) is 5.92 Å². The standard InChI is InChI=1S/C17H24N4/c1-20(9-7-15-11-18-19-12-15)13-16-8-10-21(14-16)17-5-3-2-4-6-17/h2-6,11-12,16H,7-10,13-14H2,1H3,(H,18,19)/t16-/m0/s1. The second kappa shape index (κ2) is 6.76. The molecule has 0 bridgehead atoms. The lowest BCUT2D eigenvalue weighted by molar-refractivity contribution is 0.290. The summed E-state index contributed by atoms with van der Waals surface area (Å²) in [7, 11) is 2.23. The molecule has 2 aromatic rings. The van der Waals surface area contributed by atoms with Crippen molar-refractivity contribution >= 4 is 5.69 Å². The Morgan fingerprint density at radius 1 is 1.33 bits per heavy atom. The van der Waals surface area contributed by atoms with Crippen LogP contribution in [0.4, 0.5) is 5.69 Å². The quantitative estimate of drug-likeness (QED) is 0.885. The van der Waals surface area contributed by atoms with Crippen molar-refractivity contribution < 1.29 is 0 Å². The number of aromatic amines is 1. The van der Waals surface area contributed by atoms with E-state index in [-0.39, 0.29) is 0 Å². The fourth-order valence-electron chi connectivity index (χ4n) is 3.12. The molecule has 1 atom stereocenters. The van der Waals surface area contributed by atoms with Gasteiger partial charge < -0.3 is 9.80 Å². The Balaban J connectivity index is 1.44. The van der Waals surface area contributed by atoms with Crippen LogP contribution in [0.15, 0.2) is 42.7 Å². The van der Waals surface area contributed by atoms with Crippen LogP contribution in [0.3, 0.4) is 0 Å². The van der Waals surface area contributed by atoms with Crippen molar-refractivity contribution in [3.05, 3.63) is 48.3 Å². The highest BCUT2D eigenvalue weighted by atomic mass is 15.2. The molecule has 4 nitrogen and oxygen atoms in total. The largest absolute Gasteiger partial charge is 0.371 e. The number of H-pyrrole nitrogens is 1. The number of likely N-dealkylation sites (N-methyl/N-ethyl adjacent to an activating group) is 1. The maximum atomic E-state index is 4.00. The molecule has 1 aromatic carbocycles. The Bertz CT molecular complexity index is 523. The highest BCUT2D eigenvalue weighted by Gasteiger charge is 2.23. The SMILES string of the molecule is CN(CCc1cn[nH]c1)C[C@@H]1CCN(c2ccccc2)C1. The van der Waals surface area contributed by atoms with Crippen molar-refractivity contribution in [2.45, 2.75) is 12.8 Å². The highest BCUT2D eigenvalue weighted by molar-refractivity contribution is 5.46. The lowest BCUT2D eigenvalue weighted by Crippen LogP contribution is -2.29. The maximum absolute atomic E-state index is 4.00. The number of para-hydroxylation sites is 1. The predicted molar refractivity (Wildman–Crippen MR) is 86.6 cm³/mol. The summed E-state index contributed by atoms with van der Waals surface area (Å²) in [6.45, 7) is 4.65. The summed E-state index contributed by atoms with van der Waals surface area (Å²) in [5.41, 5.74) is 2.65. The van der Waals surface area contributed by atoms with Crippen LogP contribution in [0.25, 0.3) is 0 Å². The molecule has 0 saturated carbocycles. The van der Waals surface area contributed by atoms with E-state index in [0.29, 0.717) is 0 Å². The van der Waals surface area contributed by atoms with Gasteiger partial charge in [0.25, 0.3) is 0 Å². The second-order valence-corrected chi connectivity index (χ2v) is 6.06. The van der Waals surface area contributed by atoms with Crippen molar-refractivity contribution in [1.82, 2.24) is 15.1 Å². The normalized spacial score (nSPS) is 18.6. The van der Waals surface area contributed by atoms with Gasteiger partial charge in [0.15, 0.2) is 0 Å². The smallest absolute Gasteiger partial charge is 0.0519 e. The number of hydrogen-bond acceptors (Lipinski definition) is 3. The Hall–Kier alpha value is -1.81. The molecule has 0 radical (unpaired) electrons. The monoisotopic (exact) mass is 284 g/mol. The third-order valence-electron chi connectivity index (χ3n) is 4.31. The van der Waals surface area contributed by atoms with E-state index >= 15 is 0 Å². The lowest BCUT2D eigenvalue weighted by Gasteiger charge is -2.22. The van der Waals surface area contributed by atoms with Crippen LogP contribution in [0.1, 0.15) is 12.0 Å². The molecule has 0 unspecified atom stereocenters. The first-order valence-electron chi connectivity index (χ1n) is 7.77. The van der Waals surface area contributed by atoms with Crippen LogP contribution in [-0.2, 0) is 6.42 Å². The van der Waals surface area contributed by atoms with Crippen LogP contribution in [-0.4, -0.2) is 48.3 Å². The topological polar surface area (TPSA) is 35.2 Å². The number of nitrogens with one attached hydrogen (secondary N) is 1. The minimum atomic E-state index is 0.777. The molecule has 3 rings (SSSR count).